The van der Waals surface area contributed by atoms with Crippen molar-refractivity contribution in [3.63, 3.8) is 0 Å². The Morgan fingerprint density at radius 1 is 1.10 bits per heavy atom. The zero-order chi connectivity index (χ0) is 22.0. The van der Waals surface area contributed by atoms with Crippen molar-refractivity contribution >= 4 is 45.3 Å². The number of nitrogens with zero attached hydrogens (tertiary/aromatic N) is 1. The summed E-state index contributed by atoms with van der Waals surface area (Å²) in [6.07, 6.45) is 1.54. The molecule has 31 heavy (non-hydrogen) atoms. The average molecular weight is 487 g/mol. The van der Waals surface area contributed by atoms with Crippen molar-refractivity contribution in [2.45, 2.75) is 18.9 Å². The highest BCUT2D eigenvalue weighted by atomic mass is 79.9. The standard InChI is InChI=1S/C22H19BrN2O6/c23-14-4-6-15(7-5-14)24-19(26)12-31-22(29)13-3-8-17-18(10-13)21(28)25(20(17)27)11-16-2-1-9-30-16/h3-8,10,16H,1-2,9,11-12H2,(H,24,26). The Hall–Kier alpha value is -3.04. The topological polar surface area (TPSA) is 102 Å². The van der Waals surface area contributed by atoms with E-state index in [-0.39, 0.29) is 29.3 Å². The van der Waals surface area contributed by atoms with Gasteiger partial charge in [-0.2, -0.15) is 0 Å². The second kappa shape index (κ2) is 8.99. The van der Waals surface area contributed by atoms with Crippen LogP contribution < -0.4 is 5.32 Å². The maximum absolute atomic E-state index is 12.7. The van der Waals surface area contributed by atoms with E-state index in [0.29, 0.717) is 12.3 Å². The molecule has 0 radical (unpaired) electrons. The van der Waals surface area contributed by atoms with Crippen LogP contribution >= 0.6 is 15.9 Å². The Bertz CT molecular complexity index is 1050. The van der Waals surface area contributed by atoms with Crippen LogP contribution in [0, 0.1) is 0 Å². The number of amides is 3. The lowest BCUT2D eigenvalue weighted by molar-refractivity contribution is -0.119. The van der Waals surface area contributed by atoms with Crippen LogP contribution in [0.1, 0.15) is 43.9 Å². The number of fused-ring (bicyclic) bond motifs is 1. The summed E-state index contributed by atoms with van der Waals surface area (Å²) in [4.78, 5) is 50.8. The number of ether oxygens (including phenoxy) is 2. The largest absolute Gasteiger partial charge is 0.452 e. The zero-order valence-corrected chi connectivity index (χ0v) is 18.0. The van der Waals surface area contributed by atoms with Crippen LogP contribution in [0.15, 0.2) is 46.9 Å². The molecule has 1 atom stereocenters. The van der Waals surface area contributed by atoms with Crippen LogP contribution in [-0.4, -0.2) is 54.5 Å². The minimum absolute atomic E-state index is 0.0929. The predicted octanol–water partition coefficient (Wildman–Crippen LogP) is 3.02. The van der Waals surface area contributed by atoms with Gasteiger partial charge in [0.25, 0.3) is 17.7 Å². The van der Waals surface area contributed by atoms with Gasteiger partial charge in [-0.25, -0.2) is 4.79 Å². The van der Waals surface area contributed by atoms with Crippen LogP contribution in [-0.2, 0) is 14.3 Å². The Balaban J connectivity index is 1.37. The molecule has 1 unspecified atom stereocenters. The van der Waals surface area contributed by atoms with Crippen LogP contribution in [0.2, 0.25) is 0 Å². The molecular formula is C22H19BrN2O6. The summed E-state index contributed by atoms with van der Waals surface area (Å²) < 4.78 is 11.4. The number of nitrogens with one attached hydrogen (secondary N) is 1. The molecule has 1 fully saturated rings. The number of benzene rings is 2. The number of imide groups is 1. The fourth-order valence-corrected chi connectivity index (χ4v) is 3.78. The monoisotopic (exact) mass is 486 g/mol. The predicted molar refractivity (Wildman–Crippen MR) is 114 cm³/mol. The molecule has 0 spiro atoms. The summed E-state index contributed by atoms with van der Waals surface area (Å²) in [6.45, 7) is 0.339. The molecule has 9 heteroatoms. The van der Waals surface area contributed by atoms with E-state index >= 15 is 0 Å². The smallest absolute Gasteiger partial charge is 0.338 e. The van der Waals surface area contributed by atoms with E-state index in [1.807, 2.05) is 0 Å². The van der Waals surface area contributed by atoms with Gasteiger partial charge in [0.2, 0.25) is 0 Å². The van der Waals surface area contributed by atoms with E-state index in [0.717, 1.165) is 22.2 Å². The molecule has 2 aromatic carbocycles. The van der Waals surface area contributed by atoms with Gasteiger partial charge in [-0.3, -0.25) is 19.3 Å². The highest BCUT2D eigenvalue weighted by Gasteiger charge is 2.38. The summed E-state index contributed by atoms with van der Waals surface area (Å²) in [5.41, 5.74) is 1.05. The van der Waals surface area contributed by atoms with Gasteiger partial charge in [-0.05, 0) is 55.3 Å². The van der Waals surface area contributed by atoms with Gasteiger partial charge in [0.1, 0.15) is 0 Å². The maximum atomic E-state index is 12.7. The van der Waals surface area contributed by atoms with Crippen molar-refractivity contribution < 1.29 is 28.7 Å². The van der Waals surface area contributed by atoms with Crippen LogP contribution in [0.5, 0.6) is 0 Å². The Morgan fingerprint density at radius 3 is 2.55 bits per heavy atom. The summed E-state index contributed by atoms with van der Waals surface area (Å²) in [5.74, 6) is -2.11. The van der Waals surface area contributed by atoms with E-state index in [4.69, 9.17) is 9.47 Å². The molecule has 2 aliphatic rings. The third-order valence-corrected chi connectivity index (χ3v) is 5.61. The molecule has 0 saturated carbocycles. The second-order valence-electron chi connectivity index (χ2n) is 7.25. The number of hydrogen-bond acceptors (Lipinski definition) is 6. The van der Waals surface area contributed by atoms with E-state index in [2.05, 4.69) is 21.2 Å². The van der Waals surface area contributed by atoms with Gasteiger partial charge in [0.05, 0.1) is 29.3 Å². The number of rotatable bonds is 6. The van der Waals surface area contributed by atoms with Crippen molar-refractivity contribution in [3.05, 3.63) is 63.6 Å². The molecular weight excluding hydrogens is 468 g/mol. The number of carbonyl (C=O) groups excluding carboxylic acids is 4. The summed E-state index contributed by atoms with van der Waals surface area (Å²) in [6, 6.07) is 11.1. The van der Waals surface area contributed by atoms with E-state index in [1.54, 1.807) is 24.3 Å². The first-order chi connectivity index (χ1) is 14.9. The molecule has 0 bridgehead atoms. The highest BCUT2D eigenvalue weighted by Crippen LogP contribution is 2.26. The van der Waals surface area contributed by atoms with E-state index in [1.165, 1.54) is 18.2 Å². The summed E-state index contributed by atoms with van der Waals surface area (Å²) in [7, 11) is 0. The summed E-state index contributed by atoms with van der Waals surface area (Å²) >= 11 is 3.31. The minimum Gasteiger partial charge on any atom is -0.452 e. The van der Waals surface area contributed by atoms with Gasteiger partial charge < -0.3 is 14.8 Å². The van der Waals surface area contributed by atoms with Gasteiger partial charge in [-0.1, -0.05) is 15.9 Å². The first kappa shape index (κ1) is 21.2. The normalized spacial score (nSPS) is 17.6. The Morgan fingerprint density at radius 2 is 1.84 bits per heavy atom. The lowest BCUT2D eigenvalue weighted by atomic mass is 10.1. The molecule has 3 amide bonds. The third kappa shape index (κ3) is 4.67. The second-order valence-corrected chi connectivity index (χ2v) is 8.16. The number of hydrogen-bond donors (Lipinski definition) is 1. The lowest BCUT2D eigenvalue weighted by Crippen LogP contribution is -2.36. The first-order valence-electron chi connectivity index (χ1n) is 9.77. The molecule has 1 N–H and O–H groups in total. The van der Waals surface area contributed by atoms with Crippen molar-refractivity contribution in [1.82, 2.24) is 4.90 Å². The molecule has 0 aliphatic carbocycles. The molecule has 2 heterocycles. The van der Waals surface area contributed by atoms with E-state index < -0.39 is 30.3 Å². The van der Waals surface area contributed by atoms with Crippen LogP contribution in [0.4, 0.5) is 5.69 Å². The van der Waals surface area contributed by atoms with Crippen LogP contribution in [0.25, 0.3) is 0 Å². The van der Waals surface area contributed by atoms with Crippen molar-refractivity contribution in [2.24, 2.45) is 0 Å². The fraction of sp³-hybridized carbons (Fsp3) is 0.273. The summed E-state index contributed by atoms with van der Waals surface area (Å²) in [5, 5.41) is 2.62. The lowest BCUT2D eigenvalue weighted by Gasteiger charge is -2.17. The Kier molecular flexibility index (Phi) is 6.15. The molecule has 2 aliphatic heterocycles. The van der Waals surface area contributed by atoms with Gasteiger partial charge in [0, 0.05) is 16.8 Å². The van der Waals surface area contributed by atoms with Crippen molar-refractivity contribution in [2.75, 3.05) is 25.1 Å². The molecule has 0 aromatic heterocycles. The number of anilines is 1. The van der Waals surface area contributed by atoms with E-state index in [9.17, 15) is 19.2 Å². The van der Waals surface area contributed by atoms with Gasteiger partial charge in [-0.15, -0.1) is 0 Å². The quantitative estimate of drug-likeness (QED) is 0.497. The molecule has 8 nitrogen and oxygen atoms in total. The third-order valence-electron chi connectivity index (χ3n) is 5.08. The highest BCUT2D eigenvalue weighted by molar-refractivity contribution is 9.10. The molecule has 1 saturated heterocycles. The number of carbonyl (C=O) groups is 4. The number of esters is 1. The van der Waals surface area contributed by atoms with Crippen molar-refractivity contribution in [1.29, 1.82) is 0 Å². The average Bonchev–Trinajstić information content (AvgIpc) is 3.36. The molecule has 160 valence electrons. The zero-order valence-electron chi connectivity index (χ0n) is 16.4. The van der Waals surface area contributed by atoms with Crippen LogP contribution in [0.3, 0.4) is 0 Å². The maximum Gasteiger partial charge on any atom is 0.338 e. The number of halogens is 1. The Labute approximate surface area is 186 Å². The first-order valence-corrected chi connectivity index (χ1v) is 10.6. The SMILES string of the molecule is O=C(COC(=O)c1ccc2c(c1)C(=O)N(CC1CCCO1)C2=O)Nc1ccc(Br)cc1. The molecule has 2 aromatic rings. The van der Waals surface area contributed by atoms with Crippen molar-refractivity contribution in [3.8, 4) is 0 Å². The minimum atomic E-state index is -0.758. The molecule has 4 rings (SSSR count). The van der Waals surface area contributed by atoms with Gasteiger partial charge in [0.15, 0.2) is 6.61 Å². The fourth-order valence-electron chi connectivity index (χ4n) is 3.52. The van der Waals surface area contributed by atoms with Gasteiger partial charge >= 0.3 is 5.97 Å².